The average Bonchev–Trinajstić information content (AvgIpc) is 2.98. The topological polar surface area (TPSA) is 87.3 Å². The van der Waals surface area contributed by atoms with E-state index in [1.54, 1.807) is 24.6 Å². The third kappa shape index (κ3) is 5.03. The molecule has 0 fully saturated rings. The SMILES string of the molecule is CCCCn1nc(C)c(C(=O)c2ccc([N+](=O)[O-])c(C(C)=C(C)C)c2C)c1OC(C)C. The van der Waals surface area contributed by atoms with Gasteiger partial charge in [-0.05, 0) is 72.1 Å². The van der Waals surface area contributed by atoms with Crippen LogP contribution in [0.15, 0.2) is 17.7 Å². The molecule has 7 heteroatoms. The summed E-state index contributed by atoms with van der Waals surface area (Å²) < 4.78 is 7.78. The first kappa shape index (κ1) is 24.3. The molecule has 0 saturated carbocycles. The van der Waals surface area contributed by atoms with Gasteiger partial charge in [-0.15, -0.1) is 0 Å². The minimum atomic E-state index is -0.398. The normalized spacial score (nSPS) is 11.0. The van der Waals surface area contributed by atoms with E-state index < -0.39 is 4.92 Å². The maximum absolute atomic E-state index is 13.7. The Hall–Kier alpha value is -2.96. The second kappa shape index (κ2) is 9.90. The van der Waals surface area contributed by atoms with Gasteiger partial charge < -0.3 is 4.74 Å². The summed E-state index contributed by atoms with van der Waals surface area (Å²) in [5.41, 5.74) is 4.29. The van der Waals surface area contributed by atoms with Crippen LogP contribution in [0.5, 0.6) is 5.88 Å². The average molecular weight is 428 g/mol. The molecule has 0 aliphatic rings. The molecule has 1 aromatic carbocycles. The lowest BCUT2D eigenvalue weighted by atomic mass is 9.90. The van der Waals surface area contributed by atoms with Crippen molar-refractivity contribution in [3.8, 4) is 5.88 Å². The molecule has 0 aliphatic carbocycles. The lowest BCUT2D eigenvalue weighted by molar-refractivity contribution is -0.385. The van der Waals surface area contributed by atoms with E-state index >= 15 is 0 Å². The monoisotopic (exact) mass is 427 g/mol. The van der Waals surface area contributed by atoms with Crippen molar-refractivity contribution < 1.29 is 14.5 Å². The van der Waals surface area contributed by atoms with Crippen molar-refractivity contribution in [1.82, 2.24) is 9.78 Å². The molecule has 0 N–H and O–H groups in total. The lowest BCUT2D eigenvalue weighted by Gasteiger charge is -2.16. The Balaban J connectivity index is 2.72. The second-order valence-electron chi connectivity index (χ2n) is 8.35. The lowest BCUT2D eigenvalue weighted by Crippen LogP contribution is -2.15. The minimum absolute atomic E-state index is 0.00164. The van der Waals surface area contributed by atoms with Crippen LogP contribution in [0.1, 0.15) is 87.1 Å². The fraction of sp³-hybridized carbons (Fsp3) is 0.500. The van der Waals surface area contributed by atoms with E-state index in [1.807, 2.05) is 34.6 Å². The van der Waals surface area contributed by atoms with E-state index in [2.05, 4.69) is 12.0 Å². The van der Waals surface area contributed by atoms with E-state index in [0.717, 1.165) is 24.0 Å². The van der Waals surface area contributed by atoms with Gasteiger partial charge in [0.25, 0.3) is 5.69 Å². The van der Waals surface area contributed by atoms with Gasteiger partial charge in [0.1, 0.15) is 5.56 Å². The van der Waals surface area contributed by atoms with Gasteiger partial charge in [0, 0.05) is 18.2 Å². The summed E-state index contributed by atoms with van der Waals surface area (Å²) in [7, 11) is 0. The smallest absolute Gasteiger partial charge is 0.277 e. The fourth-order valence-corrected chi connectivity index (χ4v) is 3.58. The highest BCUT2D eigenvalue weighted by molar-refractivity contribution is 6.13. The number of nitro benzene ring substituents is 1. The number of hydrogen-bond acceptors (Lipinski definition) is 5. The van der Waals surface area contributed by atoms with Crippen LogP contribution < -0.4 is 4.74 Å². The molecule has 0 aliphatic heterocycles. The molecule has 0 bridgehead atoms. The molecule has 0 spiro atoms. The molecule has 0 amide bonds. The van der Waals surface area contributed by atoms with E-state index in [0.29, 0.717) is 40.4 Å². The van der Waals surface area contributed by atoms with Gasteiger partial charge in [-0.2, -0.15) is 5.10 Å². The van der Waals surface area contributed by atoms with E-state index in [-0.39, 0.29) is 17.6 Å². The molecule has 1 heterocycles. The van der Waals surface area contributed by atoms with Crippen LogP contribution in [0.3, 0.4) is 0 Å². The Morgan fingerprint density at radius 1 is 1.19 bits per heavy atom. The van der Waals surface area contributed by atoms with Gasteiger partial charge in [0.15, 0.2) is 0 Å². The zero-order valence-corrected chi connectivity index (χ0v) is 19.8. The maximum Gasteiger partial charge on any atom is 0.277 e. The molecule has 31 heavy (non-hydrogen) atoms. The van der Waals surface area contributed by atoms with Crippen LogP contribution in [-0.4, -0.2) is 26.6 Å². The number of hydrogen-bond donors (Lipinski definition) is 0. The van der Waals surface area contributed by atoms with Crippen molar-refractivity contribution in [2.45, 2.75) is 80.9 Å². The quantitative estimate of drug-likeness (QED) is 0.277. The molecule has 0 unspecified atom stereocenters. The summed E-state index contributed by atoms with van der Waals surface area (Å²) in [6.45, 7) is 15.8. The number of nitro groups is 1. The number of allylic oxidation sites excluding steroid dienone is 2. The highest BCUT2D eigenvalue weighted by atomic mass is 16.6. The van der Waals surface area contributed by atoms with Crippen LogP contribution >= 0.6 is 0 Å². The first-order valence-electron chi connectivity index (χ1n) is 10.7. The zero-order valence-electron chi connectivity index (χ0n) is 19.8. The van der Waals surface area contributed by atoms with Gasteiger partial charge in [-0.25, -0.2) is 4.68 Å². The Bertz CT molecular complexity index is 1030. The number of benzene rings is 1. The molecular weight excluding hydrogens is 394 g/mol. The summed E-state index contributed by atoms with van der Waals surface area (Å²) in [5.74, 6) is 0.232. The Morgan fingerprint density at radius 3 is 2.35 bits per heavy atom. The van der Waals surface area contributed by atoms with Gasteiger partial charge in [0.05, 0.1) is 22.3 Å². The summed E-state index contributed by atoms with van der Waals surface area (Å²) >= 11 is 0. The number of rotatable bonds is 9. The number of carbonyl (C=O) groups is 1. The molecule has 0 radical (unpaired) electrons. The predicted octanol–water partition coefficient (Wildman–Crippen LogP) is 6.04. The van der Waals surface area contributed by atoms with Crippen molar-refractivity contribution in [2.75, 3.05) is 0 Å². The van der Waals surface area contributed by atoms with Gasteiger partial charge in [0.2, 0.25) is 11.7 Å². The minimum Gasteiger partial charge on any atom is -0.475 e. The third-order valence-electron chi connectivity index (χ3n) is 5.39. The summed E-state index contributed by atoms with van der Waals surface area (Å²) in [6, 6.07) is 2.96. The molecule has 1 aromatic heterocycles. The molecule has 168 valence electrons. The number of nitrogens with zero attached hydrogens (tertiary/aromatic N) is 3. The third-order valence-corrected chi connectivity index (χ3v) is 5.39. The number of carbonyl (C=O) groups excluding carboxylic acids is 1. The first-order chi connectivity index (χ1) is 14.5. The highest BCUT2D eigenvalue weighted by Crippen LogP contribution is 2.35. The van der Waals surface area contributed by atoms with Crippen LogP contribution in [0.25, 0.3) is 5.57 Å². The highest BCUT2D eigenvalue weighted by Gasteiger charge is 2.29. The van der Waals surface area contributed by atoms with E-state index in [4.69, 9.17) is 4.74 Å². The predicted molar refractivity (Wildman–Crippen MR) is 123 cm³/mol. The second-order valence-corrected chi connectivity index (χ2v) is 8.35. The zero-order chi connectivity index (χ0) is 23.5. The van der Waals surface area contributed by atoms with Crippen LogP contribution in [0.2, 0.25) is 0 Å². The number of unbranched alkanes of at least 4 members (excludes halogenated alkanes) is 1. The van der Waals surface area contributed by atoms with Gasteiger partial charge >= 0.3 is 0 Å². The van der Waals surface area contributed by atoms with Crippen LogP contribution in [0, 0.1) is 24.0 Å². The standard InChI is InChI=1S/C24H33N3O4/c1-9-10-13-26-24(31-15(4)5)22(18(8)25-26)23(28)19-11-12-20(27(29)30)21(17(19)7)16(6)14(2)3/h11-12,15H,9-10,13H2,1-8H3. The van der Waals surface area contributed by atoms with Crippen molar-refractivity contribution in [3.63, 3.8) is 0 Å². The van der Waals surface area contributed by atoms with Gasteiger partial charge in [-0.1, -0.05) is 18.9 Å². The van der Waals surface area contributed by atoms with Crippen molar-refractivity contribution >= 4 is 17.0 Å². The summed E-state index contributed by atoms with van der Waals surface area (Å²) in [5, 5.41) is 16.2. The largest absolute Gasteiger partial charge is 0.475 e. The van der Waals surface area contributed by atoms with Crippen LogP contribution in [0.4, 0.5) is 5.69 Å². The Labute approximate surface area is 184 Å². The summed E-state index contributed by atoms with van der Waals surface area (Å²) in [4.78, 5) is 24.9. The van der Waals surface area contributed by atoms with Crippen molar-refractivity contribution in [1.29, 1.82) is 0 Å². The maximum atomic E-state index is 13.7. The van der Waals surface area contributed by atoms with E-state index in [9.17, 15) is 14.9 Å². The molecule has 7 nitrogen and oxygen atoms in total. The van der Waals surface area contributed by atoms with Crippen molar-refractivity contribution in [3.05, 3.63) is 55.8 Å². The molecular formula is C24H33N3O4. The number of aromatic nitrogens is 2. The molecule has 2 rings (SSSR count). The van der Waals surface area contributed by atoms with E-state index in [1.165, 1.54) is 6.07 Å². The molecule has 2 aromatic rings. The molecule has 0 atom stereocenters. The summed E-state index contributed by atoms with van der Waals surface area (Å²) in [6.07, 6.45) is 1.80. The Morgan fingerprint density at radius 2 is 1.84 bits per heavy atom. The number of ether oxygens (including phenoxy) is 1. The molecule has 0 saturated heterocycles. The first-order valence-corrected chi connectivity index (χ1v) is 10.7. The Kier molecular flexibility index (Phi) is 7.76. The fourth-order valence-electron chi connectivity index (χ4n) is 3.58. The number of aryl methyl sites for hydroxylation is 2. The number of ketones is 1. The van der Waals surface area contributed by atoms with Crippen LogP contribution in [-0.2, 0) is 6.54 Å². The van der Waals surface area contributed by atoms with Gasteiger partial charge in [-0.3, -0.25) is 14.9 Å². The van der Waals surface area contributed by atoms with Crippen molar-refractivity contribution in [2.24, 2.45) is 0 Å².